The zero-order chi connectivity index (χ0) is 19.9. The summed E-state index contributed by atoms with van der Waals surface area (Å²) in [6.45, 7) is 5.54. The summed E-state index contributed by atoms with van der Waals surface area (Å²) in [5.74, 6) is 0.249. The Labute approximate surface area is 164 Å². The van der Waals surface area contributed by atoms with Gasteiger partial charge in [-0.3, -0.25) is 14.4 Å². The molecule has 0 aromatic rings. The van der Waals surface area contributed by atoms with Crippen LogP contribution in [0.2, 0.25) is 0 Å². The molecule has 148 valence electrons. The molecule has 4 aliphatic carbocycles. The zero-order valence-corrected chi connectivity index (χ0v) is 16.6. The predicted molar refractivity (Wildman–Crippen MR) is 101 cm³/mol. The topological polar surface area (TPSA) is 73.0 Å². The van der Waals surface area contributed by atoms with Gasteiger partial charge in [0.1, 0.15) is 5.60 Å². The molecule has 0 aromatic carbocycles. The quantitative estimate of drug-likeness (QED) is 0.554. The molecule has 28 heavy (non-hydrogen) atoms. The van der Waals surface area contributed by atoms with E-state index in [-0.39, 0.29) is 40.7 Å². The third-order valence-electron chi connectivity index (χ3n) is 8.22. The molecule has 1 spiro atoms. The summed E-state index contributed by atoms with van der Waals surface area (Å²) in [5, 5.41) is 0. The number of fused-ring (bicyclic) bond motifs is 3. The minimum absolute atomic E-state index is 0.0704. The molecular weight excluding hydrogens is 356 g/mol. The lowest BCUT2D eigenvalue weighted by Crippen LogP contribution is -2.56. The molecule has 5 nitrogen and oxygen atoms in total. The van der Waals surface area contributed by atoms with Crippen LogP contribution in [0.5, 0.6) is 0 Å². The summed E-state index contributed by atoms with van der Waals surface area (Å²) < 4.78 is 11.4. The van der Waals surface area contributed by atoms with E-state index in [2.05, 4.69) is 26.0 Å². The van der Waals surface area contributed by atoms with Gasteiger partial charge in [0.25, 0.3) is 0 Å². The first kappa shape index (κ1) is 18.0. The molecule has 5 rings (SSSR count). The monoisotopic (exact) mass is 382 g/mol. The lowest BCUT2D eigenvalue weighted by molar-refractivity contribution is -0.145. The molecule has 5 aliphatic rings. The van der Waals surface area contributed by atoms with Crippen molar-refractivity contribution in [1.29, 1.82) is 0 Å². The van der Waals surface area contributed by atoms with Crippen LogP contribution in [0.3, 0.4) is 0 Å². The second-order valence-corrected chi connectivity index (χ2v) is 9.44. The standard InChI is InChI=1S/C23H26O5/c1-13(24)27-12-19(26)18-7-6-16-17-5-4-14-10-15(25)8-9-22(14,3)23(17)20(28-23)11-21(16,18)2/h7-10,16-17,20H,4-6,11-12H2,1-3H3/t16?,17?,20?,21-,22-,23+/m0/s1. The minimum Gasteiger partial charge on any atom is -0.457 e. The van der Waals surface area contributed by atoms with E-state index in [1.807, 2.05) is 0 Å². The van der Waals surface area contributed by atoms with Crippen molar-refractivity contribution in [2.24, 2.45) is 22.7 Å². The number of allylic oxidation sites excluding steroid dienone is 3. The van der Waals surface area contributed by atoms with Crippen molar-refractivity contribution in [2.45, 2.75) is 58.2 Å². The summed E-state index contributed by atoms with van der Waals surface area (Å²) in [5.41, 5.74) is 1.28. The van der Waals surface area contributed by atoms with Crippen molar-refractivity contribution in [1.82, 2.24) is 0 Å². The highest BCUT2D eigenvalue weighted by atomic mass is 16.6. The summed E-state index contributed by atoms with van der Waals surface area (Å²) in [6, 6.07) is 0. The van der Waals surface area contributed by atoms with E-state index in [4.69, 9.17) is 9.47 Å². The van der Waals surface area contributed by atoms with Crippen LogP contribution in [0.4, 0.5) is 0 Å². The van der Waals surface area contributed by atoms with E-state index in [1.54, 1.807) is 12.2 Å². The van der Waals surface area contributed by atoms with Crippen molar-refractivity contribution in [3.8, 4) is 0 Å². The lowest BCUT2D eigenvalue weighted by Gasteiger charge is -2.54. The van der Waals surface area contributed by atoms with E-state index in [0.29, 0.717) is 11.8 Å². The number of esters is 1. The Hall–Kier alpha value is -2.01. The van der Waals surface area contributed by atoms with Crippen molar-refractivity contribution in [3.05, 3.63) is 35.5 Å². The summed E-state index contributed by atoms with van der Waals surface area (Å²) in [4.78, 5) is 35.8. The normalized spacial score (nSPS) is 45.1. The number of carbonyl (C=O) groups excluding carboxylic acids is 3. The van der Waals surface area contributed by atoms with Gasteiger partial charge in [0.05, 0.1) is 6.10 Å². The molecule has 2 saturated carbocycles. The molecule has 0 bridgehead atoms. The third-order valence-corrected chi connectivity index (χ3v) is 8.22. The molecular formula is C23H26O5. The molecule has 1 aliphatic heterocycles. The Morgan fingerprint density at radius 1 is 1.29 bits per heavy atom. The Balaban J connectivity index is 1.46. The molecule has 5 heteroatoms. The van der Waals surface area contributed by atoms with Crippen molar-refractivity contribution in [2.75, 3.05) is 6.61 Å². The molecule has 3 fully saturated rings. The Kier molecular flexibility index (Phi) is 3.57. The van der Waals surface area contributed by atoms with Gasteiger partial charge in [-0.05, 0) is 56.6 Å². The van der Waals surface area contributed by atoms with Crippen LogP contribution in [0.15, 0.2) is 35.5 Å². The number of hydrogen-bond donors (Lipinski definition) is 0. The van der Waals surface area contributed by atoms with E-state index in [0.717, 1.165) is 31.3 Å². The molecule has 0 aromatic heterocycles. The molecule has 3 unspecified atom stereocenters. The van der Waals surface area contributed by atoms with Gasteiger partial charge in [-0.15, -0.1) is 0 Å². The number of carbonyl (C=O) groups is 3. The fourth-order valence-corrected chi connectivity index (χ4v) is 6.90. The average molecular weight is 382 g/mol. The van der Waals surface area contributed by atoms with Crippen molar-refractivity contribution in [3.63, 3.8) is 0 Å². The van der Waals surface area contributed by atoms with Gasteiger partial charge in [-0.2, -0.15) is 0 Å². The zero-order valence-electron chi connectivity index (χ0n) is 16.6. The molecule has 0 amide bonds. The molecule has 1 saturated heterocycles. The lowest BCUT2D eigenvalue weighted by atomic mass is 9.47. The Morgan fingerprint density at radius 3 is 2.82 bits per heavy atom. The number of epoxide rings is 1. The van der Waals surface area contributed by atoms with Crippen LogP contribution in [0.1, 0.15) is 46.5 Å². The predicted octanol–water partition coefficient (Wildman–Crippen LogP) is 3.09. The molecule has 0 N–H and O–H groups in total. The maximum Gasteiger partial charge on any atom is 0.303 e. The Bertz CT molecular complexity index is 895. The number of rotatable bonds is 3. The average Bonchev–Trinajstić information content (AvgIpc) is 3.25. The molecule has 6 atom stereocenters. The second kappa shape index (κ2) is 5.53. The molecule has 0 radical (unpaired) electrons. The van der Waals surface area contributed by atoms with E-state index < -0.39 is 5.97 Å². The second-order valence-electron chi connectivity index (χ2n) is 9.44. The highest BCUT2D eigenvalue weighted by Gasteiger charge is 2.78. The molecule has 1 heterocycles. The summed E-state index contributed by atoms with van der Waals surface area (Å²) in [6.07, 6.45) is 11.3. The fourth-order valence-electron chi connectivity index (χ4n) is 6.90. The van der Waals surface area contributed by atoms with E-state index in [9.17, 15) is 14.4 Å². The number of Topliss-reactive ketones (excluding diaryl/α,β-unsaturated/α-hetero) is 1. The van der Waals surface area contributed by atoms with E-state index >= 15 is 0 Å². The van der Waals surface area contributed by atoms with Crippen molar-refractivity contribution >= 4 is 17.5 Å². The number of ether oxygens (including phenoxy) is 2. The number of hydrogen-bond acceptors (Lipinski definition) is 5. The van der Waals surface area contributed by atoms with E-state index in [1.165, 1.54) is 12.5 Å². The van der Waals surface area contributed by atoms with Crippen LogP contribution in [0.25, 0.3) is 0 Å². The minimum atomic E-state index is -0.431. The van der Waals surface area contributed by atoms with Crippen LogP contribution < -0.4 is 0 Å². The smallest absolute Gasteiger partial charge is 0.303 e. The van der Waals surface area contributed by atoms with Crippen LogP contribution in [0, 0.1) is 22.7 Å². The summed E-state index contributed by atoms with van der Waals surface area (Å²) >= 11 is 0. The largest absolute Gasteiger partial charge is 0.457 e. The first-order valence-corrected chi connectivity index (χ1v) is 10.2. The maximum absolute atomic E-state index is 12.8. The highest BCUT2D eigenvalue weighted by Crippen LogP contribution is 2.74. The summed E-state index contributed by atoms with van der Waals surface area (Å²) in [7, 11) is 0. The van der Waals surface area contributed by atoms with Crippen LogP contribution in [-0.2, 0) is 23.9 Å². The fraction of sp³-hybridized carbons (Fsp3) is 0.609. The van der Waals surface area contributed by atoms with Crippen LogP contribution >= 0.6 is 0 Å². The van der Waals surface area contributed by atoms with Gasteiger partial charge in [-0.25, -0.2) is 0 Å². The van der Waals surface area contributed by atoms with Crippen molar-refractivity contribution < 1.29 is 23.9 Å². The highest BCUT2D eigenvalue weighted by molar-refractivity contribution is 6.01. The number of ketones is 2. The SMILES string of the molecule is CC(=O)OCC(=O)C1=CCC2C3CCC4=CC(=O)C=C[C@]4(C)[C@@]34OC4C[C@]12C. The maximum atomic E-state index is 12.8. The third kappa shape index (κ3) is 2.08. The van der Waals surface area contributed by atoms with Gasteiger partial charge < -0.3 is 9.47 Å². The first-order chi connectivity index (χ1) is 13.2. The van der Waals surface area contributed by atoms with Gasteiger partial charge >= 0.3 is 5.97 Å². The van der Waals surface area contributed by atoms with Crippen LogP contribution in [-0.4, -0.2) is 35.8 Å². The van der Waals surface area contributed by atoms with Gasteiger partial charge in [0.2, 0.25) is 0 Å². The van der Waals surface area contributed by atoms with Gasteiger partial charge in [0, 0.05) is 23.3 Å². The van der Waals surface area contributed by atoms with Gasteiger partial charge in [-0.1, -0.05) is 24.6 Å². The van der Waals surface area contributed by atoms with Gasteiger partial charge in [0.15, 0.2) is 18.2 Å². The first-order valence-electron chi connectivity index (χ1n) is 10.2. The Morgan fingerprint density at radius 2 is 2.07 bits per heavy atom.